The van der Waals surface area contributed by atoms with Crippen molar-refractivity contribution < 1.29 is 0 Å². The number of nitrogens with zero attached hydrogens (tertiary/aromatic N) is 1. The molecule has 19 heavy (non-hydrogen) atoms. The quantitative estimate of drug-likeness (QED) is 0.707. The van der Waals surface area contributed by atoms with Crippen LogP contribution < -0.4 is 5.32 Å². The molecule has 1 aliphatic carbocycles. The first-order valence-corrected chi connectivity index (χ1v) is 8.03. The van der Waals surface area contributed by atoms with Crippen molar-refractivity contribution in [2.75, 3.05) is 5.32 Å². The molecule has 1 fully saturated rings. The molecule has 1 aromatic heterocycles. The van der Waals surface area contributed by atoms with Crippen molar-refractivity contribution in [3.05, 3.63) is 21.3 Å². The summed E-state index contributed by atoms with van der Waals surface area (Å²) in [4.78, 5) is 4.25. The predicted octanol–water partition coefficient (Wildman–Crippen LogP) is 5.81. The summed E-state index contributed by atoms with van der Waals surface area (Å²) in [6.45, 7) is 2.19. The highest BCUT2D eigenvalue weighted by molar-refractivity contribution is 6.42. The van der Waals surface area contributed by atoms with Gasteiger partial charge in [-0.15, -0.1) is 0 Å². The molecular weight excluding hydrogens is 303 g/mol. The number of anilines is 1. The monoisotopic (exact) mass is 320 g/mol. The Morgan fingerprint density at radius 3 is 2.53 bits per heavy atom. The van der Waals surface area contributed by atoms with Crippen LogP contribution in [0.1, 0.15) is 45.4 Å². The standard InChI is InChI=1S/C14H19Cl3N2/c1-2-12(9-6-4-3-5-7-9)18-14-11(16)8-10(15)13(17)19-14/h8-9,12H,2-7H2,1H3,(H,18,19). The SMILES string of the molecule is CCC(Nc1nc(Cl)c(Cl)cc1Cl)C1CCCCC1. The van der Waals surface area contributed by atoms with E-state index in [4.69, 9.17) is 34.8 Å². The first kappa shape index (κ1) is 15.2. The van der Waals surface area contributed by atoms with Crippen molar-refractivity contribution in [3.63, 3.8) is 0 Å². The molecular formula is C14H19Cl3N2. The van der Waals surface area contributed by atoms with Crippen LogP contribution in [0.15, 0.2) is 6.07 Å². The van der Waals surface area contributed by atoms with Gasteiger partial charge in [0.25, 0.3) is 0 Å². The van der Waals surface area contributed by atoms with Crippen LogP contribution in [0, 0.1) is 5.92 Å². The molecule has 1 aliphatic rings. The Bertz CT molecular complexity index is 431. The van der Waals surface area contributed by atoms with Crippen molar-refractivity contribution in [1.29, 1.82) is 0 Å². The minimum Gasteiger partial charge on any atom is -0.366 e. The summed E-state index contributed by atoms with van der Waals surface area (Å²) in [6, 6.07) is 2.05. The molecule has 2 rings (SSSR count). The summed E-state index contributed by atoms with van der Waals surface area (Å²) >= 11 is 18.0. The second kappa shape index (κ2) is 7.01. The summed E-state index contributed by atoms with van der Waals surface area (Å²) in [7, 11) is 0. The van der Waals surface area contributed by atoms with Crippen LogP contribution in [0.25, 0.3) is 0 Å². The highest BCUT2D eigenvalue weighted by atomic mass is 35.5. The zero-order valence-electron chi connectivity index (χ0n) is 11.1. The Morgan fingerprint density at radius 1 is 1.21 bits per heavy atom. The molecule has 5 heteroatoms. The van der Waals surface area contributed by atoms with Gasteiger partial charge in [0.2, 0.25) is 0 Å². The number of hydrogen-bond donors (Lipinski definition) is 1. The predicted molar refractivity (Wildman–Crippen MR) is 83.5 cm³/mol. The van der Waals surface area contributed by atoms with E-state index in [0.29, 0.717) is 33.0 Å². The topological polar surface area (TPSA) is 24.9 Å². The first-order chi connectivity index (χ1) is 9.11. The van der Waals surface area contributed by atoms with Gasteiger partial charge in [0.05, 0.1) is 10.0 Å². The van der Waals surface area contributed by atoms with Crippen LogP contribution in [0.2, 0.25) is 15.2 Å². The Balaban J connectivity index is 2.11. The summed E-state index contributed by atoms with van der Waals surface area (Å²) in [5.74, 6) is 1.35. The average Bonchev–Trinajstić information content (AvgIpc) is 2.42. The number of rotatable bonds is 4. The third-order valence-electron chi connectivity index (χ3n) is 3.87. The maximum absolute atomic E-state index is 6.17. The molecule has 0 aliphatic heterocycles. The van der Waals surface area contributed by atoms with E-state index in [-0.39, 0.29) is 0 Å². The number of hydrogen-bond acceptors (Lipinski definition) is 2. The van der Waals surface area contributed by atoms with Crippen molar-refractivity contribution >= 4 is 40.6 Å². The fourth-order valence-electron chi connectivity index (χ4n) is 2.81. The lowest BCUT2D eigenvalue weighted by Gasteiger charge is -2.30. The molecule has 1 aromatic rings. The molecule has 0 amide bonds. The van der Waals surface area contributed by atoms with Gasteiger partial charge in [-0.2, -0.15) is 0 Å². The molecule has 2 nitrogen and oxygen atoms in total. The second-order valence-electron chi connectivity index (χ2n) is 5.15. The maximum atomic E-state index is 6.17. The van der Waals surface area contributed by atoms with Crippen molar-refractivity contribution in [3.8, 4) is 0 Å². The van der Waals surface area contributed by atoms with Crippen LogP contribution in [0.3, 0.4) is 0 Å². The van der Waals surface area contributed by atoms with Gasteiger partial charge in [-0.25, -0.2) is 4.98 Å². The Hall–Kier alpha value is -0.180. The van der Waals surface area contributed by atoms with Gasteiger partial charge in [-0.1, -0.05) is 61.0 Å². The molecule has 1 heterocycles. The van der Waals surface area contributed by atoms with Crippen LogP contribution >= 0.6 is 34.8 Å². The third-order valence-corrected chi connectivity index (χ3v) is 4.83. The highest BCUT2D eigenvalue weighted by Gasteiger charge is 2.23. The molecule has 1 N–H and O–H groups in total. The minimum absolute atomic E-state index is 0.298. The lowest BCUT2D eigenvalue weighted by atomic mass is 9.83. The van der Waals surface area contributed by atoms with E-state index in [1.54, 1.807) is 6.07 Å². The summed E-state index contributed by atoms with van der Waals surface area (Å²) < 4.78 is 0. The van der Waals surface area contributed by atoms with Crippen molar-refractivity contribution in [1.82, 2.24) is 4.98 Å². The van der Waals surface area contributed by atoms with E-state index in [1.165, 1.54) is 32.1 Å². The number of nitrogens with one attached hydrogen (secondary N) is 1. The molecule has 0 saturated heterocycles. The first-order valence-electron chi connectivity index (χ1n) is 6.90. The molecule has 106 valence electrons. The highest BCUT2D eigenvalue weighted by Crippen LogP contribution is 2.33. The van der Waals surface area contributed by atoms with Crippen LogP contribution in [0.4, 0.5) is 5.82 Å². The fourth-order valence-corrected chi connectivity index (χ4v) is 3.36. The largest absolute Gasteiger partial charge is 0.366 e. The zero-order valence-corrected chi connectivity index (χ0v) is 13.3. The van der Waals surface area contributed by atoms with Gasteiger partial charge in [0, 0.05) is 6.04 Å². The van der Waals surface area contributed by atoms with Gasteiger partial charge in [0.1, 0.15) is 11.0 Å². The number of halogens is 3. The molecule has 0 radical (unpaired) electrons. The van der Waals surface area contributed by atoms with E-state index < -0.39 is 0 Å². The smallest absolute Gasteiger partial charge is 0.150 e. The minimum atomic E-state index is 0.298. The molecule has 0 bridgehead atoms. The average molecular weight is 322 g/mol. The zero-order chi connectivity index (χ0) is 13.8. The van der Waals surface area contributed by atoms with Crippen LogP contribution in [-0.4, -0.2) is 11.0 Å². The van der Waals surface area contributed by atoms with E-state index in [9.17, 15) is 0 Å². The van der Waals surface area contributed by atoms with Crippen LogP contribution in [0.5, 0.6) is 0 Å². The summed E-state index contributed by atoms with van der Waals surface area (Å²) in [5.41, 5.74) is 0. The molecule has 1 unspecified atom stereocenters. The van der Waals surface area contributed by atoms with Gasteiger partial charge < -0.3 is 5.32 Å². The van der Waals surface area contributed by atoms with Gasteiger partial charge in [-0.3, -0.25) is 0 Å². The molecule has 1 atom stereocenters. The lowest BCUT2D eigenvalue weighted by Crippen LogP contribution is -2.30. The van der Waals surface area contributed by atoms with Gasteiger partial charge >= 0.3 is 0 Å². The van der Waals surface area contributed by atoms with E-state index in [2.05, 4.69) is 17.2 Å². The number of pyridine rings is 1. The maximum Gasteiger partial charge on any atom is 0.150 e. The van der Waals surface area contributed by atoms with Gasteiger partial charge in [-0.05, 0) is 31.2 Å². The fraction of sp³-hybridized carbons (Fsp3) is 0.643. The summed E-state index contributed by atoms with van der Waals surface area (Å²) in [5, 5.41) is 4.67. The van der Waals surface area contributed by atoms with E-state index in [1.807, 2.05) is 0 Å². The van der Waals surface area contributed by atoms with E-state index in [0.717, 1.165) is 6.42 Å². The third kappa shape index (κ3) is 3.90. The second-order valence-corrected chi connectivity index (χ2v) is 6.32. The van der Waals surface area contributed by atoms with Gasteiger partial charge in [0.15, 0.2) is 0 Å². The van der Waals surface area contributed by atoms with Crippen molar-refractivity contribution in [2.45, 2.75) is 51.5 Å². The Kier molecular flexibility index (Phi) is 5.61. The van der Waals surface area contributed by atoms with Crippen molar-refractivity contribution in [2.24, 2.45) is 5.92 Å². The Labute approximate surface area is 129 Å². The Morgan fingerprint density at radius 2 is 1.89 bits per heavy atom. The van der Waals surface area contributed by atoms with E-state index >= 15 is 0 Å². The number of aromatic nitrogens is 1. The lowest BCUT2D eigenvalue weighted by molar-refractivity contribution is 0.312. The summed E-state index contributed by atoms with van der Waals surface area (Å²) in [6.07, 6.45) is 7.63. The molecule has 0 spiro atoms. The molecule has 0 aromatic carbocycles. The normalized spacial score (nSPS) is 18.3. The molecule has 1 saturated carbocycles. The van der Waals surface area contributed by atoms with Crippen LogP contribution in [-0.2, 0) is 0 Å².